The van der Waals surface area contributed by atoms with Crippen molar-refractivity contribution in [2.75, 3.05) is 19.0 Å². The van der Waals surface area contributed by atoms with Gasteiger partial charge in [0, 0.05) is 24.4 Å². The number of nitro benzene ring substituents is 1. The van der Waals surface area contributed by atoms with Crippen LogP contribution in [0.4, 0.5) is 16.2 Å². The molecule has 0 saturated carbocycles. The molecule has 1 aromatic heterocycles. The molecule has 0 aliphatic rings. The van der Waals surface area contributed by atoms with E-state index in [9.17, 15) is 19.7 Å². The van der Waals surface area contributed by atoms with E-state index in [0.717, 1.165) is 19.3 Å². The second-order valence-electron chi connectivity index (χ2n) is 9.38. The number of nitro groups is 1. The Hall–Kier alpha value is -4.73. The summed E-state index contributed by atoms with van der Waals surface area (Å²) in [5.74, 6) is 1.11. The van der Waals surface area contributed by atoms with Crippen LogP contribution >= 0.6 is 0 Å². The predicted octanol–water partition coefficient (Wildman–Crippen LogP) is 6.48. The quantitative estimate of drug-likeness (QED) is 0.131. The van der Waals surface area contributed by atoms with Crippen molar-refractivity contribution in [3.63, 3.8) is 0 Å². The number of unbranched alkanes of at least 4 members (excludes halogenated alkanes) is 2. The summed E-state index contributed by atoms with van der Waals surface area (Å²) in [4.78, 5) is 44.8. The van der Waals surface area contributed by atoms with E-state index in [2.05, 4.69) is 12.2 Å². The Labute approximate surface area is 232 Å². The van der Waals surface area contributed by atoms with Crippen LogP contribution in [0.2, 0.25) is 0 Å². The molecule has 1 heterocycles. The molecule has 0 saturated heterocycles. The summed E-state index contributed by atoms with van der Waals surface area (Å²) < 4.78 is 6.88. The maximum atomic E-state index is 13.9. The molecule has 3 aromatic carbocycles. The van der Waals surface area contributed by atoms with E-state index in [0.29, 0.717) is 46.8 Å². The molecular formula is C30H33N5O5. The lowest BCUT2D eigenvalue weighted by atomic mass is 10.1. The third-order valence-corrected chi connectivity index (χ3v) is 6.79. The molecular weight excluding hydrogens is 510 g/mol. The van der Waals surface area contributed by atoms with Crippen molar-refractivity contribution in [2.45, 2.75) is 45.6 Å². The summed E-state index contributed by atoms with van der Waals surface area (Å²) >= 11 is 0. The van der Waals surface area contributed by atoms with Crippen LogP contribution in [0.25, 0.3) is 16.6 Å². The number of nitrogens with zero attached hydrogens (tertiary/aromatic N) is 4. The van der Waals surface area contributed by atoms with E-state index in [4.69, 9.17) is 9.72 Å². The Balaban J connectivity index is 1.81. The summed E-state index contributed by atoms with van der Waals surface area (Å²) in [6.07, 6.45) is 3.16. The first-order chi connectivity index (χ1) is 19.4. The fourth-order valence-electron chi connectivity index (χ4n) is 4.69. The number of nitrogens with one attached hydrogen (secondary N) is 1. The van der Waals surface area contributed by atoms with E-state index in [1.54, 1.807) is 59.0 Å². The van der Waals surface area contributed by atoms with E-state index in [1.165, 1.54) is 24.3 Å². The van der Waals surface area contributed by atoms with Gasteiger partial charge in [0.05, 0.1) is 34.7 Å². The highest BCUT2D eigenvalue weighted by Crippen LogP contribution is 2.28. The zero-order valence-electron chi connectivity index (χ0n) is 22.9. The van der Waals surface area contributed by atoms with Crippen molar-refractivity contribution >= 4 is 28.3 Å². The Morgan fingerprint density at radius 1 is 1.05 bits per heavy atom. The molecule has 4 rings (SSSR count). The lowest BCUT2D eigenvalue weighted by Crippen LogP contribution is -2.41. The molecule has 0 bridgehead atoms. The lowest BCUT2D eigenvalue weighted by molar-refractivity contribution is -0.384. The molecule has 208 valence electrons. The largest absolute Gasteiger partial charge is 0.497 e. The van der Waals surface area contributed by atoms with E-state index in [1.807, 2.05) is 13.0 Å². The number of anilines is 1. The number of benzene rings is 3. The predicted molar refractivity (Wildman–Crippen MR) is 155 cm³/mol. The van der Waals surface area contributed by atoms with Crippen LogP contribution in [0.5, 0.6) is 5.75 Å². The third kappa shape index (κ3) is 6.12. The Bertz CT molecular complexity index is 1530. The smallest absolute Gasteiger partial charge is 0.322 e. The third-order valence-electron chi connectivity index (χ3n) is 6.79. The molecule has 10 heteroatoms. The highest BCUT2D eigenvalue weighted by atomic mass is 16.6. The average Bonchev–Trinajstić information content (AvgIpc) is 2.97. The van der Waals surface area contributed by atoms with Gasteiger partial charge in [-0.05, 0) is 61.4 Å². The van der Waals surface area contributed by atoms with Gasteiger partial charge < -0.3 is 15.0 Å². The number of carbonyl (C=O) groups excluding carboxylic acids is 1. The van der Waals surface area contributed by atoms with Crippen molar-refractivity contribution in [2.24, 2.45) is 0 Å². The summed E-state index contributed by atoms with van der Waals surface area (Å²) in [7, 11) is 1.58. The van der Waals surface area contributed by atoms with Gasteiger partial charge in [0.15, 0.2) is 0 Å². The van der Waals surface area contributed by atoms with Crippen LogP contribution in [0.3, 0.4) is 0 Å². The van der Waals surface area contributed by atoms with Gasteiger partial charge in [0.25, 0.3) is 11.2 Å². The number of ether oxygens (including phenoxy) is 1. The zero-order valence-corrected chi connectivity index (χ0v) is 22.9. The van der Waals surface area contributed by atoms with Gasteiger partial charge in [-0.3, -0.25) is 19.5 Å². The number of amides is 2. The number of aromatic nitrogens is 2. The fourth-order valence-corrected chi connectivity index (χ4v) is 4.69. The molecule has 10 nitrogen and oxygen atoms in total. The molecule has 1 atom stereocenters. The van der Waals surface area contributed by atoms with Crippen LogP contribution < -0.4 is 15.6 Å². The van der Waals surface area contributed by atoms with Crippen LogP contribution in [0.15, 0.2) is 77.6 Å². The van der Waals surface area contributed by atoms with Gasteiger partial charge in [-0.2, -0.15) is 0 Å². The zero-order chi connectivity index (χ0) is 28.6. The summed E-state index contributed by atoms with van der Waals surface area (Å²) in [5.41, 5.74) is 1.31. The molecule has 40 heavy (non-hydrogen) atoms. The van der Waals surface area contributed by atoms with Gasteiger partial charge in [0.1, 0.15) is 11.6 Å². The van der Waals surface area contributed by atoms with Gasteiger partial charge in [0.2, 0.25) is 0 Å². The minimum atomic E-state index is -0.533. The first-order valence-electron chi connectivity index (χ1n) is 13.4. The van der Waals surface area contributed by atoms with Gasteiger partial charge in [-0.1, -0.05) is 38.8 Å². The van der Waals surface area contributed by atoms with Crippen LogP contribution in [0.1, 0.15) is 51.4 Å². The second kappa shape index (κ2) is 12.9. The minimum Gasteiger partial charge on any atom is -0.497 e. The highest BCUT2D eigenvalue weighted by Gasteiger charge is 2.29. The van der Waals surface area contributed by atoms with E-state index in [-0.39, 0.29) is 17.3 Å². The number of rotatable bonds is 11. The van der Waals surface area contributed by atoms with Gasteiger partial charge in [-0.15, -0.1) is 0 Å². The molecule has 2 amide bonds. The highest BCUT2D eigenvalue weighted by molar-refractivity contribution is 5.89. The molecule has 0 radical (unpaired) electrons. The maximum Gasteiger partial charge on any atom is 0.322 e. The molecule has 0 fully saturated rings. The summed E-state index contributed by atoms with van der Waals surface area (Å²) in [6, 6.07) is 19.1. The Morgan fingerprint density at radius 2 is 1.75 bits per heavy atom. The number of fused-ring (bicyclic) bond motifs is 1. The number of hydrogen-bond acceptors (Lipinski definition) is 6. The van der Waals surface area contributed by atoms with Crippen molar-refractivity contribution in [1.29, 1.82) is 0 Å². The molecule has 0 aliphatic heterocycles. The molecule has 0 spiro atoms. The Morgan fingerprint density at radius 3 is 2.38 bits per heavy atom. The first-order valence-corrected chi connectivity index (χ1v) is 13.4. The minimum absolute atomic E-state index is 0.0619. The fraction of sp³-hybridized carbons (Fsp3) is 0.300. The molecule has 1 N–H and O–H groups in total. The first kappa shape index (κ1) is 28.3. The number of methoxy groups -OCH3 is 1. The number of carbonyl (C=O) groups is 1. The van der Waals surface area contributed by atoms with Crippen LogP contribution in [0, 0.1) is 10.1 Å². The number of non-ortho nitro benzene ring substituents is 1. The maximum absolute atomic E-state index is 13.9. The van der Waals surface area contributed by atoms with Crippen LogP contribution in [-0.2, 0) is 0 Å². The van der Waals surface area contributed by atoms with Crippen molar-refractivity contribution in [1.82, 2.24) is 14.5 Å². The SMILES string of the molecule is CCCCCN(C(=O)Nc1ccc([N+](=O)[O-])cc1)C(CC)c1nc2ccccc2c(=O)n1-c1ccc(OC)cc1. The number of hydrogen-bond donors (Lipinski definition) is 1. The van der Waals surface area contributed by atoms with Gasteiger partial charge >= 0.3 is 6.03 Å². The van der Waals surface area contributed by atoms with Crippen molar-refractivity contribution < 1.29 is 14.5 Å². The molecule has 1 unspecified atom stereocenters. The lowest BCUT2D eigenvalue weighted by Gasteiger charge is -2.32. The molecule has 4 aromatic rings. The second-order valence-corrected chi connectivity index (χ2v) is 9.38. The average molecular weight is 544 g/mol. The van der Waals surface area contributed by atoms with E-state index >= 15 is 0 Å². The van der Waals surface area contributed by atoms with Crippen molar-refractivity contribution in [3.8, 4) is 11.4 Å². The monoisotopic (exact) mass is 543 g/mol. The number of para-hydroxylation sites is 1. The van der Waals surface area contributed by atoms with Crippen molar-refractivity contribution in [3.05, 3.63) is 99.1 Å². The van der Waals surface area contributed by atoms with E-state index < -0.39 is 11.0 Å². The topological polar surface area (TPSA) is 120 Å². The van der Waals surface area contributed by atoms with Crippen LogP contribution in [-0.4, -0.2) is 39.1 Å². The normalized spacial score (nSPS) is 11.7. The standard InChI is InChI=1S/C30H33N5O5/c1-4-6-9-20-33(30(37)31-21-12-14-23(15-13-21)35(38)39)27(5-2)28-32-26-11-8-7-10-25(26)29(36)34(28)22-16-18-24(40-3)19-17-22/h7-8,10-19,27H,4-6,9,20H2,1-3H3,(H,31,37). The number of urea groups is 1. The Kier molecular flexibility index (Phi) is 9.11. The molecule has 0 aliphatic carbocycles. The summed E-state index contributed by atoms with van der Waals surface area (Å²) in [5, 5.41) is 14.4. The van der Waals surface area contributed by atoms with Gasteiger partial charge in [-0.25, -0.2) is 9.78 Å². The summed E-state index contributed by atoms with van der Waals surface area (Å²) in [6.45, 7) is 4.48.